The number of esters is 1. The van der Waals surface area contributed by atoms with Gasteiger partial charge in [-0.15, -0.1) is 0 Å². The summed E-state index contributed by atoms with van der Waals surface area (Å²) in [7, 11) is 0. The van der Waals surface area contributed by atoms with E-state index < -0.39 is 16.8 Å². The van der Waals surface area contributed by atoms with Gasteiger partial charge in [-0.2, -0.15) is 0 Å². The smallest absolute Gasteiger partial charge is 0.338 e. The molecule has 9 heteroatoms. The van der Waals surface area contributed by atoms with Gasteiger partial charge in [-0.25, -0.2) is 4.79 Å². The van der Waals surface area contributed by atoms with Gasteiger partial charge in [0.15, 0.2) is 6.79 Å². The lowest BCUT2D eigenvalue weighted by molar-refractivity contribution is -0.385. The number of nitro benzene ring substituents is 1. The Morgan fingerprint density at radius 3 is 2.73 bits per heavy atom. The van der Waals surface area contributed by atoms with Crippen molar-refractivity contribution >= 4 is 29.3 Å². The molecule has 3 rings (SSSR count). The number of non-ortho nitro benzene ring substituents is 1. The van der Waals surface area contributed by atoms with Gasteiger partial charge in [-0.05, 0) is 36.8 Å². The number of nitrogens with zero attached hydrogens (tertiary/aromatic N) is 1. The van der Waals surface area contributed by atoms with Crippen molar-refractivity contribution in [3.63, 3.8) is 0 Å². The Bertz CT molecular complexity index is 984. The first-order chi connectivity index (χ1) is 14.5. The molecule has 0 radical (unpaired) electrons. The van der Waals surface area contributed by atoms with Gasteiger partial charge < -0.3 is 19.5 Å². The van der Waals surface area contributed by atoms with Crippen LogP contribution >= 0.6 is 0 Å². The minimum Gasteiger partial charge on any atom is -0.467 e. The Labute approximate surface area is 172 Å². The van der Waals surface area contributed by atoms with E-state index in [1.807, 2.05) is 6.92 Å². The number of fused-ring (bicyclic) bond motifs is 1. The molecular weight excluding hydrogens is 392 g/mol. The summed E-state index contributed by atoms with van der Waals surface area (Å²) in [5, 5.41) is 13.8. The summed E-state index contributed by atoms with van der Waals surface area (Å²) >= 11 is 0. The molecule has 1 aliphatic rings. The van der Waals surface area contributed by atoms with E-state index in [-0.39, 0.29) is 19.1 Å². The van der Waals surface area contributed by atoms with Crippen LogP contribution in [-0.4, -0.2) is 30.2 Å². The zero-order valence-electron chi connectivity index (χ0n) is 16.3. The number of ether oxygens (including phenoxy) is 3. The molecule has 9 nitrogen and oxygen atoms in total. The number of rotatable bonds is 7. The van der Waals surface area contributed by atoms with Crippen LogP contribution in [0.1, 0.15) is 34.8 Å². The van der Waals surface area contributed by atoms with Gasteiger partial charge in [0.25, 0.3) is 5.69 Å². The van der Waals surface area contributed by atoms with Gasteiger partial charge in [0, 0.05) is 35.0 Å². The van der Waals surface area contributed by atoms with Crippen LogP contribution in [0, 0.1) is 10.1 Å². The number of hydrogen-bond donors (Lipinski definition) is 1. The maximum absolute atomic E-state index is 12.2. The van der Waals surface area contributed by atoms with Crippen LogP contribution in [0.5, 0.6) is 5.75 Å². The largest absolute Gasteiger partial charge is 0.467 e. The summed E-state index contributed by atoms with van der Waals surface area (Å²) in [6.45, 7) is 2.48. The molecule has 0 saturated heterocycles. The van der Waals surface area contributed by atoms with Crippen molar-refractivity contribution in [2.24, 2.45) is 0 Å². The average molecular weight is 412 g/mol. The third-order valence-corrected chi connectivity index (χ3v) is 4.17. The first-order valence-electron chi connectivity index (χ1n) is 9.26. The summed E-state index contributed by atoms with van der Waals surface area (Å²) in [4.78, 5) is 34.7. The zero-order valence-corrected chi connectivity index (χ0v) is 16.3. The van der Waals surface area contributed by atoms with Crippen molar-refractivity contribution in [2.45, 2.75) is 20.0 Å². The molecule has 0 aromatic heterocycles. The lowest BCUT2D eigenvalue weighted by Crippen LogP contribution is -2.13. The highest BCUT2D eigenvalue weighted by molar-refractivity contribution is 6.02. The maximum atomic E-state index is 12.2. The number of nitro groups is 1. The van der Waals surface area contributed by atoms with Gasteiger partial charge in [0.05, 0.1) is 23.7 Å². The van der Waals surface area contributed by atoms with Crippen molar-refractivity contribution in [1.82, 2.24) is 0 Å². The molecule has 2 aromatic carbocycles. The minimum atomic E-state index is -0.515. The monoisotopic (exact) mass is 412 g/mol. The molecule has 1 amide bonds. The van der Waals surface area contributed by atoms with Gasteiger partial charge in [-0.1, -0.05) is 6.92 Å². The molecule has 156 valence electrons. The van der Waals surface area contributed by atoms with E-state index in [1.165, 1.54) is 24.3 Å². The highest BCUT2D eigenvalue weighted by Crippen LogP contribution is 2.33. The lowest BCUT2D eigenvalue weighted by atomic mass is 10.1. The average Bonchev–Trinajstić information content (AvgIpc) is 2.76. The Kier molecular flexibility index (Phi) is 6.76. The fourth-order valence-corrected chi connectivity index (χ4v) is 2.78. The first kappa shape index (κ1) is 21.0. The van der Waals surface area contributed by atoms with Gasteiger partial charge in [0.1, 0.15) is 5.75 Å². The number of nitrogens with one attached hydrogen (secondary N) is 1. The fraction of sp³-hybridized carbons (Fsp3) is 0.238. The van der Waals surface area contributed by atoms with Gasteiger partial charge in [0.2, 0.25) is 5.91 Å². The van der Waals surface area contributed by atoms with E-state index in [1.54, 1.807) is 24.3 Å². The first-order valence-corrected chi connectivity index (χ1v) is 9.26. The van der Waals surface area contributed by atoms with Crippen LogP contribution in [-0.2, 0) is 20.9 Å². The predicted molar refractivity (Wildman–Crippen MR) is 108 cm³/mol. The second kappa shape index (κ2) is 9.66. The van der Waals surface area contributed by atoms with Crippen LogP contribution in [0.2, 0.25) is 0 Å². The number of benzene rings is 2. The van der Waals surface area contributed by atoms with E-state index in [9.17, 15) is 19.7 Å². The number of carbonyl (C=O) groups is 2. The van der Waals surface area contributed by atoms with Crippen LogP contribution in [0.15, 0.2) is 42.5 Å². The number of carbonyl (C=O) groups excluding carboxylic acids is 2. The Balaban J connectivity index is 1.70. The molecular formula is C21H20N2O7. The topological polar surface area (TPSA) is 117 Å². The third kappa shape index (κ3) is 5.21. The standard InChI is InChI=1S/C21H20N2O7/c1-2-9-29-21(25)14-3-6-17(7-4-14)22-19(24)8-5-15-10-18(23(26)27)11-16-12-28-13-30-20(15)16/h3-8,10-11H,2,9,12-13H2,1H3,(H,22,24)/b8-5+. The highest BCUT2D eigenvalue weighted by Gasteiger charge is 2.19. The Morgan fingerprint density at radius 1 is 1.27 bits per heavy atom. The minimum absolute atomic E-state index is 0.0326. The lowest BCUT2D eigenvalue weighted by Gasteiger charge is -2.19. The molecule has 0 saturated carbocycles. The van der Waals surface area contributed by atoms with E-state index >= 15 is 0 Å². The molecule has 0 aliphatic carbocycles. The highest BCUT2D eigenvalue weighted by atomic mass is 16.7. The van der Waals surface area contributed by atoms with E-state index in [0.29, 0.717) is 34.7 Å². The Hall–Kier alpha value is -3.72. The molecule has 1 aliphatic heterocycles. The molecule has 1 heterocycles. The van der Waals surface area contributed by atoms with Crippen molar-refractivity contribution in [3.8, 4) is 5.75 Å². The zero-order chi connectivity index (χ0) is 21.5. The SMILES string of the molecule is CCCOC(=O)c1ccc(NC(=O)/C=C/c2cc([N+](=O)[O-])cc3c2OCOC3)cc1. The second-order valence-corrected chi connectivity index (χ2v) is 6.43. The van der Waals surface area contributed by atoms with Crippen LogP contribution in [0.3, 0.4) is 0 Å². The second-order valence-electron chi connectivity index (χ2n) is 6.43. The summed E-state index contributed by atoms with van der Waals surface area (Å²) in [6, 6.07) is 9.02. The molecule has 2 aromatic rings. The van der Waals surface area contributed by atoms with Crippen LogP contribution in [0.25, 0.3) is 6.08 Å². The number of anilines is 1. The van der Waals surface area contributed by atoms with Crippen molar-refractivity contribution in [1.29, 1.82) is 0 Å². The predicted octanol–water partition coefficient (Wildman–Crippen LogP) is 3.68. The van der Waals surface area contributed by atoms with Crippen LogP contribution < -0.4 is 10.1 Å². The Morgan fingerprint density at radius 2 is 2.03 bits per heavy atom. The third-order valence-electron chi connectivity index (χ3n) is 4.17. The normalized spacial score (nSPS) is 12.7. The van der Waals surface area contributed by atoms with Gasteiger partial charge >= 0.3 is 5.97 Å². The molecule has 0 spiro atoms. The number of amides is 1. The molecule has 0 bridgehead atoms. The summed E-state index contributed by atoms with van der Waals surface area (Å²) in [5.41, 5.74) is 1.71. The molecule has 0 fully saturated rings. The quantitative estimate of drug-likeness (QED) is 0.319. The van der Waals surface area contributed by atoms with Crippen molar-refractivity contribution < 1.29 is 28.7 Å². The van der Waals surface area contributed by atoms with Crippen LogP contribution in [0.4, 0.5) is 11.4 Å². The van der Waals surface area contributed by atoms with Crippen molar-refractivity contribution in [3.05, 3.63) is 69.3 Å². The fourth-order valence-electron chi connectivity index (χ4n) is 2.78. The number of hydrogen-bond acceptors (Lipinski definition) is 7. The van der Waals surface area contributed by atoms with Crippen molar-refractivity contribution in [2.75, 3.05) is 18.7 Å². The van der Waals surface area contributed by atoms with E-state index in [0.717, 1.165) is 6.42 Å². The molecule has 1 N–H and O–H groups in total. The molecule has 0 atom stereocenters. The molecule has 0 unspecified atom stereocenters. The molecule has 30 heavy (non-hydrogen) atoms. The van der Waals surface area contributed by atoms with E-state index in [2.05, 4.69) is 5.32 Å². The summed E-state index contributed by atoms with van der Waals surface area (Å²) in [5.74, 6) is -0.413. The maximum Gasteiger partial charge on any atom is 0.338 e. The summed E-state index contributed by atoms with van der Waals surface area (Å²) < 4.78 is 15.6. The van der Waals surface area contributed by atoms with E-state index in [4.69, 9.17) is 14.2 Å². The van der Waals surface area contributed by atoms with Gasteiger partial charge in [-0.3, -0.25) is 14.9 Å². The summed E-state index contributed by atoms with van der Waals surface area (Å²) in [6.07, 6.45) is 3.43.